The fourth-order valence-electron chi connectivity index (χ4n) is 2.15. The lowest BCUT2D eigenvalue weighted by molar-refractivity contribution is -0.0511. The van der Waals surface area contributed by atoms with Crippen LogP contribution in [0.4, 0.5) is 0 Å². The first-order chi connectivity index (χ1) is 9.52. The van der Waals surface area contributed by atoms with Gasteiger partial charge in [0.2, 0.25) is 0 Å². The molecular formula is C10H10ClIN4O4. The number of ether oxygens (including phenoxy) is 1. The standard InChI is InChI=1S/C10H10ClIN4O4/c11-7-4-8(15-10(12)14-7)16(2-13-4)9-6(19)5(18)3(1-17)20-9/h2-3,5-6,9,17-19H,1H2/t3-,5?,6?,9?/m1/s1. The molecule has 3 unspecified atom stereocenters. The SMILES string of the molecule is OC[C@H]1OC(n2cnc3c(Cl)nc(I)nc32)C(O)C1O. The van der Waals surface area contributed by atoms with Crippen molar-refractivity contribution in [2.24, 2.45) is 0 Å². The van der Waals surface area contributed by atoms with Crippen molar-refractivity contribution in [1.82, 2.24) is 19.5 Å². The van der Waals surface area contributed by atoms with E-state index in [9.17, 15) is 10.2 Å². The van der Waals surface area contributed by atoms with Crippen molar-refractivity contribution in [1.29, 1.82) is 0 Å². The van der Waals surface area contributed by atoms with Crippen LogP contribution in [-0.2, 0) is 4.74 Å². The highest BCUT2D eigenvalue weighted by atomic mass is 127. The maximum absolute atomic E-state index is 10.0. The molecule has 0 aliphatic carbocycles. The minimum atomic E-state index is -1.20. The second-order valence-corrected chi connectivity index (χ2v) is 5.66. The van der Waals surface area contributed by atoms with Gasteiger partial charge in [-0.2, -0.15) is 0 Å². The molecule has 3 heterocycles. The van der Waals surface area contributed by atoms with E-state index in [-0.39, 0.29) is 5.15 Å². The van der Waals surface area contributed by atoms with Gasteiger partial charge < -0.3 is 20.1 Å². The molecule has 0 saturated carbocycles. The maximum Gasteiger partial charge on any atom is 0.194 e. The summed E-state index contributed by atoms with van der Waals surface area (Å²) >= 11 is 7.89. The Hall–Kier alpha value is -0.590. The first-order valence-corrected chi connectivity index (χ1v) is 7.16. The number of nitrogens with zero attached hydrogens (tertiary/aromatic N) is 4. The predicted molar refractivity (Wildman–Crippen MR) is 76.1 cm³/mol. The van der Waals surface area contributed by atoms with Crippen molar-refractivity contribution in [3.63, 3.8) is 0 Å². The van der Waals surface area contributed by atoms with Gasteiger partial charge in [0.15, 0.2) is 20.9 Å². The van der Waals surface area contributed by atoms with Crippen LogP contribution in [0.25, 0.3) is 11.2 Å². The van der Waals surface area contributed by atoms with E-state index in [1.807, 2.05) is 22.6 Å². The average molecular weight is 413 g/mol. The molecule has 1 fully saturated rings. The quantitative estimate of drug-likeness (QED) is 0.352. The average Bonchev–Trinajstić information content (AvgIpc) is 2.93. The van der Waals surface area contributed by atoms with Gasteiger partial charge in [-0.1, -0.05) is 11.6 Å². The monoisotopic (exact) mass is 412 g/mol. The van der Waals surface area contributed by atoms with Crippen molar-refractivity contribution in [2.75, 3.05) is 6.61 Å². The van der Waals surface area contributed by atoms with Gasteiger partial charge in [0.25, 0.3) is 0 Å². The summed E-state index contributed by atoms with van der Waals surface area (Å²) in [4.78, 5) is 12.3. The summed E-state index contributed by atoms with van der Waals surface area (Å²) < 4.78 is 7.33. The second kappa shape index (κ2) is 5.31. The van der Waals surface area contributed by atoms with Crippen LogP contribution in [0.5, 0.6) is 0 Å². The lowest BCUT2D eigenvalue weighted by Gasteiger charge is -2.16. The molecule has 10 heteroatoms. The maximum atomic E-state index is 10.0. The zero-order valence-corrected chi connectivity index (χ0v) is 12.8. The predicted octanol–water partition coefficient (Wildman–Crippen LogP) is -0.304. The van der Waals surface area contributed by atoms with Crippen molar-refractivity contribution in [3.05, 3.63) is 15.3 Å². The van der Waals surface area contributed by atoms with Crippen LogP contribution in [-0.4, -0.2) is 59.8 Å². The number of aliphatic hydroxyl groups excluding tert-OH is 3. The Bertz CT molecular complexity index is 653. The zero-order chi connectivity index (χ0) is 14.4. The minimum absolute atomic E-state index is 0.199. The Balaban J connectivity index is 2.07. The van der Waals surface area contributed by atoms with Crippen molar-refractivity contribution < 1.29 is 20.1 Å². The third kappa shape index (κ3) is 2.18. The summed E-state index contributed by atoms with van der Waals surface area (Å²) in [7, 11) is 0. The van der Waals surface area contributed by atoms with Gasteiger partial charge in [0.05, 0.1) is 12.9 Å². The number of hydrogen-bond donors (Lipinski definition) is 3. The fraction of sp³-hybridized carbons (Fsp3) is 0.500. The van der Waals surface area contributed by atoms with Crippen LogP contribution in [0.2, 0.25) is 5.15 Å². The highest BCUT2D eigenvalue weighted by Crippen LogP contribution is 2.32. The summed E-state index contributed by atoms with van der Waals surface area (Å²) in [6.45, 7) is -0.394. The summed E-state index contributed by atoms with van der Waals surface area (Å²) in [5.74, 6) is 0. The molecule has 0 bridgehead atoms. The first-order valence-electron chi connectivity index (χ1n) is 5.71. The van der Waals surface area contributed by atoms with E-state index in [0.717, 1.165) is 0 Å². The van der Waals surface area contributed by atoms with Crippen LogP contribution >= 0.6 is 34.2 Å². The molecule has 8 nitrogen and oxygen atoms in total. The van der Waals surface area contributed by atoms with Crippen LogP contribution in [0.15, 0.2) is 6.33 Å². The minimum Gasteiger partial charge on any atom is -0.394 e. The summed E-state index contributed by atoms with van der Waals surface area (Å²) in [5, 5.41) is 29.1. The normalized spacial score (nSPS) is 30.2. The number of hydrogen-bond acceptors (Lipinski definition) is 7. The Morgan fingerprint density at radius 3 is 2.75 bits per heavy atom. The van der Waals surface area contributed by atoms with Gasteiger partial charge in [0, 0.05) is 22.6 Å². The molecule has 0 amide bonds. The van der Waals surface area contributed by atoms with Crippen LogP contribution in [0, 0.1) is 3.83 Å². The number of halogens is 2. The number of rotatable bonds is 2. The highest BCUT2D eigenvalue weighted by Gasteiger charge is 2.44. The molecular weight excluding hydrogens is 402 g/mol. The van der Waals surface area contributed by atoms with E-state index in [1.54, 1.807) is 0 Å². The Kier molecular flexibility index (Phi) is 3.81. The van der Waals surface area contributed by atoms with Crippen molar-refractivity contribution >= 4 is 45.4 Å². The number of fused-ring (bicyclic) bond motifs is 1. The topological polar surface area (TPSA) is 114 Å². The number of imidazole rings is 1. The third-order valence-corrected chi connectivity index (χ3v) is 3.89. The van der Waals surface area contributed by atoms with Crippen molar-refractivity contribution in [3.8, 4) is 0 Å². The van der Waals surface area contributed by atoms with Crippen LogP contribution in [0.3, 0.4) is 0 Å². The molecule has 0 aromatic carbocycles. The third-order valence-electron chi connectivity index (χ3n) is 3.14. The summed E-state index contributed by atoms with van der Waals surface area (Å²) in [5.41, 5.74) is 0.772. The van der Waals surface area contributed by atoms with E-state index >= 15 is 0 Å². The van der Waals surface area contributed by atoms with E-state index < -0.39 is 31.1 Å². The molecule has 3 N–H and O–H groups in total. The largest absolute Gasteiger partial charge is 0.394 e. The van der Waals surface area contributed by atoms with E-state index in [4.69, 9.17) is 21.4 Å². The number of aromatic nitrogens is 4. The Labute approximate surface area is 131 Å². The van der Waals surface area contributed by atoms with Crippen molar-refractivity contribution in [2.45, 2.75) is 24.5 Å². The molecule has 2 aromatic rings. The molecule has 1 aliphatic rings. The number of aliphatic hydroxyl groups is 3. The lowest BCUT2D eigenvalue weighted by Crippen LogP contribution is -2.33. The molecule has 4 atom stereocenters. The van der Waals surface area contributed by atoms with Gasteiger partial charge in [-0.05, 0) is 0 Å². The molecule has 0 radical (unpaired) electrons. The lowest BCUT2D eigenvalue weighted by atomic mass is 10.1. The Morgan fingerprint density at radius 2 is 2.10 bits per heavy atom. The molecule has 108 valence electrons. The Morgan fingerprint density at radius 1 is 1.35 bits per heavy atom. The van der Waals surface area contributed by atoms with Gasteiger partial charge in [0.1, 0.15) is 23.8 Å². The molecule has 0 spiro atoms. The van der Waals surface area contributed by atoms with Crippen LogP contribution < -0.4 is 0 Å². The highest BCUT2D eigenvalue weighted by molar-refractivity contribution is 14.1. The summed E-state index contributed by atoms with van der Waals surface area (Å²) in [6, 6.07) is 0. The second-order valence-electron chi connectivity index (χ2n) is 4.34. The molecule has 1 saturated heterocycles. The fourth-order valence-corrected chi connectivity index (χ4v) is 2.98. The first kappa shape index (κ1) is 14.4. The van der Waals surface area contributed by atoms with Gasteiger partial charge in [-0.3, -0.25) is 4.57 Å². The van der Waals surface area contributed by atoms with E-state index in [1.165, 1.54) is 10.9 Å². The van der Waals surface area contributed by atoms with Crippen LogP contribution in [0.1, 0.15) is 6.23 Å². The van der Waals surface area contributed by atoms with E-state index in [0.29, 0.717) is 15.0 Å². The van der Waals surface area contributed by atoms with E-state index in [2.05, 4.69) is 15.0 Å². The van der Waals surface area contributed by atoms with Gasteiger partial charge in [-0.25, -0.2) is 15.0 Å². The molecule has 1 aliphatic heterocycles. The summed E-state index contributed by atoms with van der Waals surface area (Å²) in [6.07, 6.45) is -2.73. The van der Waals surface area contributed by atoms with Gasteiger partial charge >= 0.3 is 0 Å². The zero-order valence-electron chi connectivity index (χ0n) is 9.89. The smallest absolute Gasteiger partial charge is 0.194 e. The van der Waals surface area contributed by atoms with Gasteiger partial charge in [-0.15, -0.1) is 0 Å². The molecule has 3 rings (SSSR count). The molecule has 2 aromatic heterocycles. The molecule has 20 heavy (non-hydrogen) atoms.